The van der Waals surface area contributed by atoms with E-state index in [0.29, 0.717) is 12.1 Å². The first kappa shape index (κ1) is 49.6. The van der Waals surface area contributed by atoms with Crippen LogP contribution in [0.4, 0.5) is 4.79 Å². The van der Waals surface area contributed by atoms with Crippen LogP contribution in [0, 0.1) is 16.7 Å². The Labute approximate surface area is 389 Å². The molecular weight excluding hydrogens is 877 g/mol. The van der Waals surface area contributed by atoms with Crippen LogP contribution in [0.3, 0.4) is 0 Å². The highest BCUT2D eigenvalue weighted by Gasteiger charge is 2.78. The summed E-state index contributed by atoms with van der Waals surface area (Å²) < 4.78 is 42.7. The standard InChI is InChI=1S/C48H64N2O15S/c1-9-33(52)64-47-26-61-32(47)24-31(51)46(8)38(47)40(63-41(55)28-14-11-10-12-15-28)48(58)25-30(62-42(56)36(53)35(29-16-13-20-59-29)49-43(57)65-44(3,4)5)27(2)34(45(48,6)7)37(39(46)54)60-21-17-50-18-22-66-23-19-50/h10-16,20,30-32,35-38,40,51,53,58H,9,17-19,21-26H2,1-8H3,(H,49,57)/t30-,31-,32+,35+,36+,37+,38-,40-,46+,47-,48+/m0/s1. The van der Waals surface area contributed by atoms with Crippen LogP contribution in [-0.4, -0.2) is 148 Å². The van der Waals surface area contributed by atoms with Crippen molar-refractivity contribution in [2.24, 2.45) is 16.7 Å². The molecule has 2 aromatic rings. The molecule has 2 aliphatic heterocycles. The Morgan fingerprint density at radius 1 is 1.03 bits per heavy atom. The van der Waals surface area contributed by atoms with Gasteiger partial charge in [0.2, 0.25) is 0 Å². The number of alkyl carbamates (subject to hydrolysis) is 1. The van der Waals surface area contributed by atoms with E-state index in [1.54, 1.807) is 66.7 Å². The van der Waals surface area contributed by atoms with Crippen molar-refractivity contribution in [2.75, 3.05) is 44.4 Å². The first-order valence-electron chi connectivity index (χ1n) is 22.7. The molecule has 7 rings (SSSR count). The van der Waals surface area contributed by atoms with E-state index in [4.69, 9.17) is 32.8 Å². The maximum atomic E-state index is 16.0. The summed E-state index contributed by atoms with van der Waals surface area (Å²) in [5.41, 5.74) is -7.75. The van der Waals surface area contributed by atoms with Gasteiger partial charge in [-0.1, -0.05) is 39.0 Å². The average molecular weight is 941 g/mol. The van der Waals surface area contributed by atoms with E-state index in [1.807, 2.05) is 11.8 Å². The van der Waals surface area contributed by atoms with Gasteiger partial charge in [0.15, 0.2) is 17.5 Å². The topological polar surface area (TPSA) is 230 Å². The molecule has 11 atom stereocenters. The van der Waals surface area contributed by atoms with Crippen LogP contribution in [0.25, 0.3) is 0 Å². The number of amides is 1. The minimum atomic E-state index is -2.31. The number of aliphatic hydroxyl groups excluding tert-OH is 2. The summed E-state index contributed by atoms with van der Waals surface area (Å²) in [5.74, 6) is -2.98. The lowest BCUT2D eigenvalue weighted by atomic mass is 9.44. The fourth-order valence-electron chi connectivity index (χ4n) is 10.6. The predicted molar refractivity (Wildman–Crippen MR) is 238 cm³/mol. The van der Waals surface area contributed by atoms with Crippen molar-refractivity contribution in [2.45, 2.75) is 134 Å². The number of ketones is 1. The number of nitrogens with one attached hydrogen (secondary N) is 1. The van der Waals surface area contributed by atoms with Crippen molar-refractivity contribution in [3.05, 3.63) is 71.2 Å². The van der Waals surface area contributed by atoms with Crippen LogP contribution < -0.4 is 5.32 Å². The number of carbonyl (C=O) groups excluding carboxylic acids is 5. The SMILES string of the molecule is CCC(=O)O[C@@]12CO[C@@H]1C[C@H](O)[C@@]1(C)C(=O)[C@H](OCCN3CCSCC3)C3=C(C)[C@@H](OC(=O)[C@H](O)[C@H](NC(=O)OC(C)(C)C)c4ccco4)C[C@@](O)([C@@H](OC(=O)c4ccccc4)[C@H]21)C3(C)C. The molecule has 66 heavy (non-hydrogen) atoms. The maximum absolute atomic E-state index is 16.0. The largest absolute Gasteiger partial charge is 0.467 e. The minimum Gasteiger partial charge on any atom is -0.467 e. The number of rotatable bonds is 13. The Morgan fingerprint density at radius 3 is 2.33 bits per heavy atom. The van der Waals surface area contributed by atoms with Crippen molar-refractivity contribution in [3.8, 4) is 0 Å². The highest BCUT2D eigenvalue weighted by Crippen LogP contribution is 2.64. The van der Waals surface area contributed by atoms with Gasteiger partial charge in [0.1, 0.15) is 47.4 Å². The van der Waals surface area contributed by atoms with Gasteiger partial charge in [0, 0.05) is 55.8 Å². The van der Waals surface area contributed by atoms with Crippen LogP contribution in [0.5, 0.6) is 0 Å². The lowest BCUT2D eigenvalue weighted by Gasteiger charge is -2.67. The zero-order valence-corrected chi connectivity index (χ0v) is 39.7. The zero-order chi connectivity index (χ0) is 48.0. The molecule has 2 bridgehead atoms. The zero-order valence-electron chi connectivity index (χ0n) is 38.9. The number of carbonyl (C=O) groups is 5. The number of thioether (sulfide) groups is 1. The van der Waals surface area contributed by atoms with E-state index in [2.05, 4.69) is 10.2 Å². The van der Waals surface area contributed by atoms with E-state index in [0.717, 1.165) is 24.6 Å². The Bertz CT molecular complexity index is 2150. The van der Waals surface area contributed by atoms with E-state index in [1.165, 1.54) is 37.5 Å². The molecule has 2 saturated carbocycles. The van der Waals surface area contributed by atoms with Gasteiger partial charge in [-0.2, -0.15) is 11.8 Å². The van der Waals surface area contributed by atoms with E-state index < -0.39 is 112 Å². The lowest BCUT2D eigenvalue weighted by molar-refractivity contribution is -0.346. The van der Waals surface area contributed by atoms with Crippen LogP contribution in [-0.2, 0) is 42.8 Å². The molecule has 17 nitrogen and oxygen atoms in total. The van der Waals surface area contributed by atoms with E-state index in [-0.39, 0.29) is 43.0 Å². The summed E-state index contributed by atoms with van der Waals surface area (Å²) in [4.78, 5) is 73.5. The first-order chi connectivity index (χ1) is 31.1. The van der Waals surface area contributed by atoms with Gasteiger partial charge < -0.3 is 53.5 Å². The summed E-state index contributed by atoms with van der Waals surface area (Å²) in [6.07, 6.45) is -9.51. The van der Waals surface area contributed by atoms with Gasteiger partial charge in [-0.15, -0.1) is 0 Å². The van der Waals surface area contributed by atoms with Crippen LogP contribution >= 0.6 is 11.8 Å². The smallest absolute Gasteiger partial charge is 0.408 e. The molecule has 18 heteroatoms. The number of ether oxygens (including phenoxy) is 6. The minimum absolute atomic E-state index is 0.00698. The monoisotopic (exact) mass is 940 g/mol. The molecule has 362 valence electrons. The predicted octanol–water partition coefficient (Wildman–Crippen LogP) is 4.32. The second kappa shape index (κ2) is 19.0. The molecular formula is C48H64N2O15S. The third kappa shape index (κ3) is 9.06. The summed E-state index contributed by atoms with van der Waals surface area (Å²) in [6.45, 7) is 15.0. The molecule has 1 aromatic heterocycles. The van der Waals surface area contributed by atoms with Crippen molar-refractivity contribution in [1.29, 1.82) is 0 Å². The Balaban J connectivity index is 1.38. The molecule has 4 fully saturated rings. The fourth-order valence-corrected chi connectivity index (χ4v) is 11.6. The molecule has 0 unspecified atom stereocenters. The number of fused-ring (bicyclic) bond motifs is 5. The molecule has 4 N–H and O–H groups in total. The first-order valence-corrected chi connectivity index (χ1v) is 23.8. The second-order valence-electron chi connectivity index (χ2n) is 19.7. The van der Waals surface area contributed by atoms with E-state index >= 15 is 4.79 Å². The fraction of sp³-hybridized carbons (Fsp3) is 0.646. The Hall–Kier alpha value is -4.30. The van der Waals surface area contributed by atoms with Gasteiger partial charge in [0.25, 0.3) is 0 Å². The molecule has 1 amide bonds. The molecule has 2 saturated heterocycles. The maximum Gasteiger partial charge on any atom is 0.408 e. The molecule has 5 aliphatic rings. The van der Waals surface area contributed by atoms with Gasteiger partial charge in [0.05, 0.1) is 42.5 Å². The number of hydrogen-bond donors (Lipinski definition) is 4. The Kier molecular flexibility index (Phi) is 14.3. The summed E-state index contributed by atoms with van der Waals surface area (Å²) in [7, 11) is 0. The number of benzene rings is 1. The van der Waals surface area contributed by atoms with Gasteiger partial charge in [-0.3, -0.25) is 14.5 Å². The van der Waals surface area contributed by atoms with Crippen molar-refractivity contribution in [1.82, 2.24) is 10.2 Å². The summed E-state index contributed by atoms with van der Waals surface area (Å²) in [5, 5.41) is 40.5. The van der Waals surface area contributed by atoms with Gasteiger partial charge >= 0.3 is 24.0 Å². The average Bonchev–Trinajstić information content (AvgIpc) is 3.81. The Morgan fingerprint density at radius 2 is 1.73 bits per heavy atom. The number of Topliss-reactive ketones (excluding diaryl/α,β-unsaturated/α-hetero) is 1. The number of furan rings is 1. The van der Waals surface area contributed by atoms with Crippen LogP contribution in [0.15, 0.2) is 64.3 Å². The molecule has 0 radical (unpaired) electrons. The van der Waals surface area contributed by atoms with Crippen LogP contribution in [0.1, 0.15) is 96.8 Å². The lowest BCUT2D eigenvalue weighted by Crippen LogP contribution is -2.82. The highest BCUT2D eigenvalue weighted by atomic mass is 32.2. The van der Waals surface area contributed by atoms with Crippen molar-refractivity contribution in [3.63, 3.8) is 0 Å². The molecule has 3 aliphatic carbocycles. The quantitative estimate of drug-likeness (QED) is 0.125. The van der Waals surface area contributed by atoms with Crippen molar-refractivity contribution >= 4 is 41.5 Å². The number of esters is 3. The third-order valence-electron chi connectivity index (χ3n) is 14.3. The van der Waals surface area contributed by atoms with Gasteiger partial charge in [-0.25, -0.2) is 14.4 Å². The normalized spacial score (nSPS) is 32.8. The van der Waals surface area contributed by atoms with E-state index in [9.17, 15) is 34.5 Å². The number of hydrogen-bond acceptors (Lipinski definition) is 17. The summed E-state index contributed by atoms with van der Waals surface area (Å²) >= 11 is 1.84. The third-order valence-corrected chi connectivity index (χ3v) is 15.2. The number of aliphatic hydroxyl groups is 3. The van der Waals surface area contributed by atoms with Crippen molar-refractivity contribution < 1.29 is 72.1 Å². The number of nitrogens with zero attached hydrogens (tertiary/aromatic N) is 1. The summed E-state index contributed by atoms with van der Waals surface area (Å²) in [6, 6.07) is 9.49. The molecule has 1 aromatic carbocycles. The second-order valence-corrected chi connectivity index (χ2v) is 20.9. The molecule has 0 spiro atoms. The molecule has 3 heterocycles. The van der Waals surface area contributed by atoms with Crippen LogP contribution in [0.2, 0.25) is 0 Å². The highest BCUT2D eigenvalue weighted by molar-refractivity contribution is 7.99. The van der Waals surface area contributed by atoms with Gasteiger partial charge in [-0.05, 0) is 70.0 Å².